The van der Waals surface area contributed by atoms with Crippen LogP contribution in [-0.4, -0.2) is 16.7 Å². The van der Waals surface area contributed by atoms with Gasteiger partial charge in [-0.05, 0) is 31.9 Å². The highest BCUT2D eigenvalue weighted by Crippen LogP contribution is 2.10. The van der Waals surface area contributed by atoms with Gasteiger partial charge in [-0.1, -0.05) is 75.5 Å². The first kappa shape index (κ1) is 34.7. The summed E-state index contributed by atoms with van der Waals surface area (Å²) in [5.74, 6) is 10.7. The zero-order valence-corrected chi connectivity index (χ0v) is 17.6. The lowest BCUT2D eigenvalue weighted by atomic mass is 10.2. The molecule has 0 spiro atoms. The van der Waals surface area contributed by atoms with E-state index in [2.05, 4.69) is 5.43 Å². The molecule has 0 atom stereocenters. The summed E-state index contributed by atoms with van der Waals surface area (Å²) in [4.78, 5) is 11.5. The molecule has 0 heterocycles. The van der Waals surface area contributed by atoms with Gasteiger partial charge in [0.15, 0.2) is 0 Å². The van der Waals surface area contributed by atoms with E-state index >= 15 is 0 Å². The van der Waals surface area contributed by atoms with Crippen molar-refractivity contribution in [1.82, 2.24) is 10.4 Å². The molecule has 6 nitrogen and oxygen atoms in total. The van der Waals surface area contributed by atoms with E-state index in [0.29, 0.717) is 6.54 Å². The average Bonchev–Trinajstić information content (AvgIpc) is 2.56. The summed E-state index contributed by atoms with van der Waals surface area (Å²) in [5, 5.41) is 1.07. The van der Waals surface area contributed by atoms with Crippen molar-refractivity contribution in [3.05, 3.63) is 71.8 Å². The summed E-state index contributed by atoms with van der Waals surface area (Å²) >= 11 is 0. The molecular weight excluding hydrogens is 411 g/mol. The third-order valence-electron chi connectivity index (χ3n) is 2.97. The van der Waals surface area contributed by atoms with Crippen molar-refractivity contribution in [3.63, 3.8) is 0 Å². The third kappa shape index (κ3) is 16.8. The average molecular weight is 449 g/mol. The number of ether oxygens (including phenoxy) is 1. The van der Waals surface area contributed by atoms with Gasteiger partial charge in [0.2, 0.25) is 0 Å². The van der Waals surface area contributed by atoms with Crippen molar-refractivity contribution in [2.75, 3.05) is 0 Å². The molecule has 0 aliphatic heterocycles. The van der Waals surface area contributed by atoms with Crippen LogP contribution >= 0.6 is 24.8 Å². The molecule has 0 saturated carbocycles. The molecule has 8 heteroatoms. The van der Waals surface area contributed by atoms with Crippen molar-refractivity contribution in [3.8, 4) is 0 Å². The highest BCUT2D eigenvalue weighted by molar-refractivity contribution is 5.85. The zero-order valence-electron chi connectivity index (χ0n) is 15.9. The van der Waals surface area contributed by atoms with Crippen molar-refractivity contribution in [2.24, 2.45) is 11.7 Å². The lowest BCUT2D eigenvalue weighted by Crippen LogP contribution is -2.40. The topological polar surface area (TPSA) is 93.6 Å². The van der Waals surface area contributed by atoms with E-state index < -0.39 is 11.7 Å². The highest BCUT2D eigenvalue weighted by Gasteiger charge is 2.19. The summed E-state index contributed by atoms with van der Waals surface area (Å²) in [6.45, 7) is 6.50. The molecule has 0 bridgehead atoms. The first-order valence-corrected chi connectivity index (χ1v) is 8.08. The van der Waals surface area contributed by atoms with Crippen LogP contribution in [0.2, 0.25) is 0 Å². The molecule has 2 aromatic carbocycles. The summed E-state index contributed by atoms with van der Waals surface area (Å²) < 4.78 is 5.13. The fraction of sp³-hybridized carbons (Fsp3) is 0.381. The van der Waals surface area contributed by atoms with Crippen LogP contribution in [0.3, 0.4) is 0 Å². The van der Waals surface area contributed by atoms with Crippen LogP contribution in [0.5, 0.6) is 0 Å². The number of nitrogens with two attached hydrogens (primary N) is 2. The summed E-state index contributed by atoms with van der Waals surface area (Å²) in [6, 6.07) is 19.6. The van der Waals surface area contributed by atoms with Gasteiger partial charge in [0.1, 0.15) is 5.60 Å². The van der Waals surface area contributed by atoms with Crippen LogP contribution in [-0.2, 0) is 17.8 Å². The fourth-order valence-electron chi connectivity index (χ4n) is 1.88. The van der Waals surface area contributed by atoms with Crippen LogP contribution in [0.25, 0.3) is 0 Å². The molecule has 168 valence electrons. The Bertz CT molecular complexity index is 624. The second-order valence-electron chi connectivity index (χ2n) is 6.46. The van der Waals surface area contributed by atoms with Gasteiger partial charge in [0, 0.05) is 6.54 Å². The maximum atomic E-state index is 11.5. The van der Waals surface area contributed by atoms with Gasteiger partial charge in [-0.15, -0.1) is 24.8 Å². The molecule has 0 saturated heterocycles. The normalized spacial score (nSPS) is 9.00. The number of rotatable bonds is 4. The number of amides is 1. The number of hydrazine groups is 2. The van der Waals surface area contributed by atoms with Crippen LogP contribution in [0, 0.1) is 0 Å². The molecule has 29 heavy (non-hydrogen) atoms. The smallest absolute Gasteiger partial charge is 0.424 e. The molecule has 2 rings (SSSR count). The Morgan fingerprint density at radius 1 is 0.931 bits per heavy atom. The first-order valence-electron chi connectivity index (χ1n) is 8.08. The fourth-order valence-corrected chi connectivity index (χ4v) is 1.88. The predicted molar refractivity (Wildman–Crippen MR) is 128 cm³/mol. The van der Waals surface area contributed by atoms with E-state index in [1.54, 1.807) is 20.8 Å². The van der Waals surface area contributed by atoms with Crippen LogP contribution in [0.1, 0.15) is 46.8 Å². The van der Waals surface area contributed by atoms with E-state index in [1.807, 2.05) is 60.7 Å². The first-order chi connectivity index (χ1) is 11.8. The van der Waals surface area contributed by atoms with E-state index in [9.17, 15) is 4.79 Å². The molecule has 0 fully saturated rings. The van der Waals surface area contributed by atoms with Crippen molar-refractivity contribution in [2.45, 2.75) is 54.3 Å². The zero-order chi connectivity index (χ0) is 18.7. The number of carbonyl (C=O) groups is 1. The number of nitrogens with zero attached hydrogens (tertiary/aromatic N) is 1. The van der Waals surface area contributed by atoms with E-state index in [-0.39, 0.29) is 39.7 Å². The minimum absolute atomic E-state index is 0. The second-order valence-corrected chi connectivity index (χ2v) is 6.46. The molecule has 0 aliphatic rings. The number of carbonyl (C=O) groups excluding carboxylic acids is 1. The molecule has 0 unspecified atom stereocenters. The molecule has 0 aromatic heterocycles. The van der Waals surface area contributed by atoms with E-state index in [4.69, 9.17) is 16.4 Å². The predicted octanol–water partition coefficient (Wildman–Crippen LogP) is 5.06. The Kier molecular flexibility index (Phi) is 21.8. The molecular formula is C21H38Cl2N4O2. The van der Waals surface area contributed by atoms with E-state index in [0.717, 1.165) is 17.1 Å². The number of benzene rings is 2. The monoisotopic (exact) mass is 448 g/mol. The molecule has 0 aliphatic carbocycles. The van der Waals surface area contributed by atoms with Crippen molar-refractivity contribution in [1.29, 1.82) is 0 Å². The Balaban J connectivity index is -0.000000210. The highest BCUT2D eigenvalue weighted by atomic mass is 35.5. The van der Waals surface area contributed by atoms with Gasteiger partial charge >= 0.3 is 6.09 Å². The minimum atomic E-state index is -0.522. The summed E-state index contributed by atoms with van der Waals surface area (Å²) in [7, 11) is 0. The largest absolute Gasteiger partial charge is 0.443 e. The van der Waals surface area contributed by atoms with Gasteiger partial charge in [-0.2, -0.15) is 0 Å². The van der Waals surface area contributed by atoms with Gasteiger partial charge in [-0.25, -0.2) is 15.6 Å². The minimum Gasteiger partial charge on any atom is -0.443 e. The van der Waals surface area contributed by atoms with Gasteiger partial charge < -0.3 is 4.74 Å². The summed E-state index contributed by atoms with van der Waals surface area (Å²) in [6.07, 6.45) is -0.517. The standard InChI is InChI=1S/C12H18N2O2.C7H10N2.2CH4.2ClH/c1-12(2,3)16-11(15)14(13)9-10-7-5-4-6-8-10;8-9-6-7-4-2-1-3-5-7;;;;/h4-8H,9,13H2,1-3H3;1-5,9H,6,8H2;2*1H4;2*1H. The number of hydrogen-bond donors (Lipinski definition) is 3. The lowest BCUT2D eigenvalue weighted by molar-refractivity contribution is 0.0231. The SMILES string of the molecule is C.C.CC(C)(C)OC(=O)N(N)Cc1ccccc1.Cl.Cl.NNCc1ccccc1. The van der Waals surface area contributed by atoms with Crippen LogP contribution < -0.4 is 17.1 Å². The quantitative estimate of drug-likeness (QED) is 0.345. The van der Waals surface area contributed by atoms with Crippen LogP contribution in [0.4, 0.5) is 4.79 Å². The maximum absolute atomic E-state index is 11.5. The Hall–Kier alpha value is -1.83. The number of halogens is 2. The Morgan fingerprint density at radius 2 is 1.34 bits per heavy atom. The van der Waals surface area contributed by atoms with Crippen LogP contribution in [0.15, 0.2) is 60.7 Å². The second kappa shape index (κ2) is 18.2. The number of nitrogens with one attached hydrogen (secondary N) is 1. The molecule has 5 N–H and O–H groups in total. The maximum Gasteiger partial charge on any atom is 0.424 e. The number of hydrogen-bond acceptors (Lipinski definition) is 5. The lowest BCUT2D eigenvalue weighted by Gasteiger charge is -2.24. The Morgan fingerprint density at radius 3 is 1.72 bits per heavy atom. The van der Waals surface area contributed by atoms with Gasteiger partial charge in [0.25, 0.3) is 0 Å². The summed E-state index contributed by atoms with van der Waals surface area (Å²) in [5.41, 5.74) is 4.24. The molecule has 2 aromatic rings. The Labute approximate surface area is 188 Å². The van der Waals surface area contributed by atoms with E-state index in [1.165, 1.54) is 5.56 Å². The molecule has 1 amide bonds. The molecule has 0 radical (unpaired) electrons. The van der Waals surface area contributed by atoms with Crippen molar-refractivity contribution >= 4 is 30.9 Å². The van der Waals surface area contributed by atoms with Crippen molar-refractivity contribution < 1.29 is 9.53 Å². The van der Waals surface area contributed by atoms with Gasteiger partial charge in [-0.3, -0.25) is 11.3 Å². The third-order valence-corrected chi connectivity index (χ3v) is 2.97. The van der Waals surface area contributed by atoms with Gasteiger partial charge in [0.05, 0.1) is 6.54 Å².